The molecule has 0 amide bonds. The first kappa shape index (κ1) is 29.3. The van der Waals surface area contributed by atoms with Gasteiger partial charge in [-0.3, -0.25) is 9.11 Å². The Morgan fingerprint density at radius 1 is 1.19 bits per heavy atom. The number of sulfonamides is 1. The van der Waals surface area contributed by atoms with E-state index in [0.29, 0.717) is 42.0 Å². The van der Waals surface area contributed by atoms with E-state index >= 15 is 4.39 Å². The summed E-state index contributed by atoms with van der Waals surface area (Å²) in [7, 11) is -2.54. The van der Waals surface area contributed by atoms with Crippen LogP contribution in [0, 0.1) is 11.6 Å². The molecule has 0 spiro atoms. The average Bonchev–Trinajstić information content (AvgIpc) is 2.96. The van der Waals surface area contributed by atoms with Crippen molar-refractivity contribution in [2.24, 2.45) is 0 Å². The first-order valence-corrected chi connectivity index (χ1v) is 14.8. The molecule has 222 valence electrons. The number of anilines is 3. The molecule has 1 aliphatic heterocycles. The fourth-order valence-electron chi connectivity index (χ4n) is 4.78. The van der Waals surface area contributed by atoms with Gasteiger partial charge < -0.3 is 20.1 Å². The highest BCUT2D eigenvalue weighted by Gasteiger charge is 2.26. The summed E-state index contributed by atoms with van der Waals surface area (Å²) in [5.74, 6) is -1.18. The maximum atomic E-state index is 15.8. The molecule has 1 saturated heterocycles. The lowest BCUT2D eigenvalue weighted by Crippen LogP contribution is -2.44. The standard InChI is InChI=1S/C28H29F3N6O4S/c1-16-15-41-9-8-37(16)28-19-11-17(18-5-3-6-22(25(18)31)36-42(38,39)10-4-7-29)12-23(40-2)26(19)34-27(35-28)20-14-33-24(32)13-21(20)30/h3,5-6,11-14,16,36H,4,7-10,15H2,1-2H3,(H2,32,33). The zero-order valence-electron chi connectivity index (χ0n) is 22.9. The third kappa shape index (κ3) is 5.90. The Hall–Kier alpha value is -4.17. The summed E-state index contributed by atoms with van der Waals surface area (Å²) in [4.78, 5) is 15.3. The van der Waals surface area contributed by atoms with Crippen molar-refractivity contribution in [3.63, 3.8) is 0 Å². The van der Waals surface area contributed by atoms with E-state index in [-0.39, 0.29) is 46.7 Å². The predicted octanol–water partition coefficient (Wildman–Crippen LogP) is 4.55. The van der Waals surface area contributed by atoms with E-state index in [1.807, 2.05) is 11.8 Å². The Morgan fingerprint density at radius 3 is 2.71 bits per heavy atom. The van der Waals surface area contributed by atoms with Gasteiger partial charge in [-0.15, -0.1) is 0 Å². The average molecular weight is 603 g/mol. The number of rotatable bonds is 9. The summed E-state index contributed by atoms with van der Waals surface area (Å²) in [6, 6.07) is 8.50. The van der Waals surface area contributed by atoms with Crippen molar-refractivity contribution >= 4 is 38.2 Å². The first-order valence-electron chi connectivity index (χ1n) is 13.1. The summed E-state index contributed by atoms with van der Waals surface area (Å²) >= 11 is 0. The molecule has 2 aromatic heterocycles. The van der Waals surface area contributed by atoms with Crippen molar-refractivity contribution in [3.8, 4) is 28.3 Å². The van der Waals surface area contributed by atoms with Gasteiger partial charge in [0, 0.05) is 29.8 Å². The molecule has 10 nitrogen and oxygen atoms in total. The Kier molecular flexibility index (Phi) is 8.36. The summed E-state index contributed by atoms with van der Waals surface area (Å²) in [5, 5.41) is 0.499. The molecule has 0 radical (unpaired) electrons. The number of benzene rings is 2. The van der Waals surface area contributed by atoms with E-state index in [4.69, 9.17) is 20.2 Å². The minimum Gasteiger partial charge on any atom is -0.494 e. The molecule has 42 heavy (non-hydrogen) atoms. The fourth-order valence-corrected chi connectivity index (χ4v) is 5.87. The summed E-state index contributed by atoms with van der Waals surface area (Å²) in [6.45, 7) is 2.48. The number of nitrogens with zero attached hydrogens (tertiary/aromatic N) is 4. The number of nitrogen functional groups attached to an aromatic ring is 1. The Morgan fingerprint density at radius 2 is 2.00 bits per heavy atom. The van der Waals surface area contributed by atoms with Crippen molar-refractivity contribution in [2.45, 2.75) is 19.4 Å². The maximum absolute atomic E-state index is 15.8. The molecule has 0 saturated carbocycles. The SMILES string of the molecule is COc1cc(-c2cccc(NS(=O)(=O)CCCF)c2F)cc2c(N3CCOCC3C)nc(-c3cnc(N)cc3F)nc12. The summed E-state index contributed by atoms with van der Waals surface area (Å²) in [5.41, 5.74) is 6.20. The second-order valence-corrected chi connectivity index (χ2v) is 11.6. The molecule has 1 aliphatic rings. The molecule has 0 bridgehead atoms. The van der Waals surface area contributed by atoms with Crippen LogP contribution >= 0.6 is 0 Å². The second kappa shape index (κ2) is 12.0. The van der Waals surface area contributed by atoms with Crippen LogP contribution in [0.15, 0.2) is 42.6 Å². The highest BCUT2D eigenvalue weighted by Crippen LogP contribution is 2.39. The number of halogens is 3. The number of hydrogen-bond acceptors (Lipinski definition) is 9. The number of ether oxygens (including phenoxy) is 2. The number of aromatic nitrogens is 3. The zero-order chi connectivity index (χ0) is 30.0. The Balaban J connectivity index is 1.70. The van der Waals surface area contributed by atoms with Crippen LogP contribution in [-0.2, 0) is 14.8 Å². The molecular weight excluding hydrogens is 573 g/mol. The topological polar surface area (TPSA) is 133 Å². The molecule has 3 N–H and O–H groups in total. The lowest BCUT2D eigenvalue weighted by Gasteiger charge is -2.35. The molecule has 3 heterocycles. The van der Waals surface area contributed by atoms with E-state index in [1.165, 1.54) is 31.5 Å². The largest absolute Gasteiger partial charge is 0.494 e. The van der Waals surface area contributed by atoms with Gasteiger partial charge in [-0.25, -0.2) is 32.2 Å². The molecule has 1 atom stereocenters. The van der Waals surface area contributed by atoms with E-state index < -0.39 is 34.1 Å². The predicted molar refractivity (Wildman–Crippen MR) is 155 cm³/mol. The molecule has 0 aliphatic carbocycles. The summed E-state index contributed by atoms with van der Waals surface area (Å²) in [6.07, 6.45) is 1.05. The van der Waals surface area contributed by atoms with Gasteiger partial charge in [-0.2, -0.15) is 0 Å². The van der Waals surface area contributed by atoms with E-state index in [2.05, 4.69) is 14.7 Å². The van der Waals surface area contributed by atoms with E-state index in [9.17, 15) is 17.2 Å². The first-order chi connectivity index (χ1) is 20.1. The quantitative estimate of drug-likeness (QED) is 0.283. The van der Waals surface area contributed by atoms with Crippen molar-refractivity contribution in [3.05, 3.63) is 54.2 Å². The fraction of sp³-hybridized carbons (Fsp3) is 0.321. The number of alkyl halides is 1. The van der Waals surface area contributed by atoms with Gasteiger partial charge in [-0.1, -0.05) is 12.1 Å². The number of methoxy groups -OCH3 is 1. The van der Waals surface area contributed by atoms with Crippen LogP contribution in [0.4, 0.5) is 30.5 Å². The maximum Gasteiger partial charge on any atom is 0.232 e. The smallest absolute Gasteiger partial charge is 0.232 e. The van der Waals surface area contributed by atoms with Gasteiger partial charge in [-0.05, 0) is 37.1 Å². The highest BCUT2D eigenvalue weighted by molar-refractivity contribution is 7.92. The van der Waals surface area contributed by atoms with Crippen LogP contribution in [0.3, 0.4) is 0 Å². The normalized spacial score (nSPS) is 15.6. The monoisotopic (exact) mass is 602 g/mol. The zero-order valence-corrected chi connectivity index (χ0v) is 23.7. The Bertz CT molecular complexity index is 1740. The molecule has 4 aromatic rings. The van der Waals surface area contributed by atoms with Crippen molar-refractivity contribution in [2.75, 3.05) is 54.7 Å². The lowest BCUT2D eigenvalue weighted by atomic mass is 10.0. The van der Waals surface area contributed by atoms with E-state index in [1.54, 1.807) is 12.1 Å². The van der Waals surface area contributed by atoms with Crippen LogP contribution in [0.2, 0.25) is 0 Å². The van der Waals surface area contributed by atoms with Crippen LogP contribution < -0.4 is 20.1 Å². The molecule has 14 heteroatoms. The van der Waals surface area contributed by atoms with Gasteiger partial charge in [0.1, 0.15) is 28.7 Å². The van der Waals surface area contributed by atoms with Gasteiger partial charge in [0.25, 0.3) is 0 Å². The number of hydrogen-bond donors (Lipinski definition) is 2. The number of fused-ring (bicyclic) bond motifs is 1. The highest BCUT2D eigenvalue weighted by atomic mass is 32.2. The molecule has 2 aromatic carbocycles. The molecular formula is C28H29F3N6O4S. The van der Waals surface area contributed by atoms with Gasteiger partial charge in [0.05, 0.1) is 50.0 Å². The van der Waals surface area contributed by atoms with Crippen LogP contribution in [0.1, 0.15) is 13.3 Å². The van der Waals surface area contributed by atoms with Crippen molar-refractivity contribution in [1.29, 1.82) is 0 Å². The van der Waals surface area contributed by atoms with Gasteiger partial charge in [0.15, 0.2) is 11.6 Å². The third-order valence-corrected chi connectivity index (χ3v) is 8.20. The van der Waals surface area contributed by atoms with Crippen LogP contribution in [-0.4, -0.2) is 68.7 Å². The summed E-state index contributed by atoms with van der Waals surface area (Å²) < 4.78 is 81.4. The second-order valence-electron chi connectivity index (χ2n) is 9.78. The Labute approximate surface area is 240 Å². The number of nitrogens with one attached hydrogen (secondary N) is 1. The van der Waals surface area contributed by atoms with Crippen LogP contribution in [0.25, 0.3) is 33.4 Å². The minimum atomic E-state index is -3.97. The number of nitrogens with two attached hydrogens (primary N) is 1. The molecule has 1 fully saturated rings. The van der Waals surface area contributed by atoms with Crippen molar-refractivity contribution < 1.29 is 31.1 Å². The van der Waals surface area contributed by atoms with Crippen LogP contribution in [0.5, 0.6) is 5.75 Å². The lowest BCUT2D eigenvalue weighted by molar-refractivity contribution is 0.0987. The van der Waals surface area contributed by atoms with Gasteiger partial charge in [0.2, 0.25) is 10.0 Å². The third-order valence-electron chi connectivity index (χ3n) is 6.84. The number of pyridine rings is 1. The van der Waals surface area contributed by atoms with E-state index in [0.717, 1.165) is 6.07 Å². The minimum absolute atomic E-state index is 0.00949. The molecule has 1 unspecified atom stereocenters. The van der Waals surface area contributed by atoms with Crippen molar-refractivity contribution in [1.82, 2.24) is 15.0 Å². The number of morpholine rings is 1. The van der Waals surface area contributed by atoms with Gasteiger partial charge >= 0.3 is 0 Å². The molecule has 5 rings (SSSR count).